The largest absolute Gasteiger partial charge is 0.483 e. The molecule has 0 atom stereocenters. The average molecular weight is 207 g/mol. The fraction of sp³-hybridized carbons (Fsp3) is 0. The molecule has 0 saturated carbocycles. The average Bonchev–Trinajstić information content (AvgIpc) is 2.62. The number of nitrogens with two attached hydrogens (primary N) is 1. The number of fused-ring (bicyclic) bond motifs is 1. The van der Waals surface area contributed by atoms with Crippen molar-refractivity contribution < 1.29 is 14.7 Å². The molecule has 1 heterocycles. The van der Waals surface area contributed by atoms with Gasteiger partial charge in [0.05, 0.1) is 5.52 Å². The Kier molecular flexibility index (Phi) is 3.39. The van der Waals surface area contributed by atoms with Gasteiger partial charge < -0.3 is 10.8 Å². The van der Waals surface area contributed by atoms with Crippen LogP contribution < -0.4 is 5.73 Å². The summed E-state index contributed by atoms with van der Waals surface area (Å²) in [6, 6.07) is 7.35. The molecule has 4 N–H and O–H groups in total. The van der Waals surface area contributed by atoms with E-state index < -0.39 is 5.91 Å². The molecule has 0 spiro atoms. The Hall–Kier alpha value is -2.37. The van der Waals surface area contributed by atoms with Crippen LogP contribution in [0.1, 0.15) is 10.5 Å². The van der Waals surface area contributed by atoms with Gasteiger partial charge in [-0.05, 0) is 6.07 Å². The van der Waals surface area contributed by atoms with Crippen LogP contribution in [0, 0.1) is 0 Å². The quantitative estimate of drug-likeness (QED) is 0.586. The first-order chi connectivity index (χ1) is 7.20. The van der Waals surface area contributed by atoms with Gasteiger partial charge in [-0.1, -0.05) is 18.2 Å². The molecule has 1 amide bonds. The molecule has 2 rings (SSSR count). The fourth-order valence-corrected chi connectivity index (χ4v) is 1.15. The van der Waals surface area contributed by atoms with Crippen LogP contribution >= 0.6 is 0 Å². The van der Waals surface area contributed by atoms with Gasteiger partial charge in [-0.15, -0.1) is 0 Å². The number of carboxylic acid groups (broad SMARTS) is 1. The van der Waals surface area contributed by atoms with Gasteiger partial charge in [-0.3, -0.25) is 14.7 Å². The molecular formula is C9H9N3O3. The maximum Gasteiger partial charge on any atom is 0.290 e. The molecule has 6 nitrogen and oxygen atoms in total. The van der Waals surface area contributed by atoms with Crippen LogP contribution in [0.15, 0.2) is 24.3 Å². The highest BCUT2D eigenvalue weighted by Crippen LogP contribution is 2.13. The zero-order valence-electron chi connectivity index (χ0n) is 7.68. The van der Waals surface area contributed by atoms with Crippen molar-refractivity contribution in [3.05, 3.63) is 30.0 Å². The van der Waals surface area contributed by atoms with Gasteiger partial charge in [-0.25, -0.2) is 0 Å². The van der Waals surface area contributed by atoms with Crippen molar-refractivity contribution in [3.8, 4) is 0 Å². The molecule has 0 unspecified atom stereocenters. The molecule has 0 saturated heterocycles. The lowest BCUT2D eigenvalue weighted by molar-refractivity contribution is -0.122. The molecule has 6 heteroatoms. The van der Waals surface area contributed by atoms with Crippen LogP contribution in [0.2, 0.25) is 0 Å². The van der Waals surface area contributed by atoms with E-state index in [1.807, 2.05) is 18.2 Å². The second-order valence-corrected chi connectivity index (χ2v) is 2.59. The van der Waals surface area contributed by atoms with Gasteiger partial charge in [0.25, 0.3) is 12.4 Å². The zero-order valence-corrected chi connectivity index (χ0v) is 7.68. The van der Waals surface area contributed by atoms with Gasteiger partial charge in [0.1, 0.15) is 0 Å². The van der Waals surface area contributed by atoms with Crippen LogP contribution in [0.25, 0.3) is 10.9 Å². The Morgan fingerprint density at radius 3 is 2.67 bits per heavy atom. The van der Waals surface area contributed by atoms with Gasteiger partial charge in [-0.2, -0.15) is 5.10 Å². The first kappa shape index (κ1) is 10.7. The highest BCUT2D eigenvalue weighted by atomic mass is 16.3. The molecule has 15 heavy (non-hydrogen) atoms. The second-order valence-electron chi connectivity index (χ2n) is 2.59. The molecule has 78 valence electrons. The number of carbonyl (C=O) groups is 2. The lowest BCUT2D eigenvalue weighted by atomic mass is 10.2. The van der Waals surface area contributed by atoms with Crippen molar-refractivity contribution in [1.29, 1.82) is 0 Å². The highest BCUT2D eigenvalue weighted by Gasteiger charge is 2.08. The van der Waals surface area contributed by atoms with Crippen molar-refractivity contribution in [3.63, 3.8) is 0 Å². The number of aromatic amines is 1. The predicted octanol–water partition coefficient (Wildman–Crippen LogP) is 0.363. The van der Waals surface area contributed by atoms with Gasteiger partial charge in [0, 0.05) is 5.39 Å². The number of H-pyrrole nitrogens is 1. The molecule has 0 aliphatic rings. The smallest absolute Gasteiger partial charge is 0.290 e. The van der Waals surface area contributed by atoms with E-state index >= 15 is 0 Å². The molecular weight excluding hydrogens is 198 g/mol. The molecule has 2 aromatic rings. The third-order valence-corrected chi connectivity index (χ3v) is 1.70. The van der Waals surface area contributed by atoms with E-state index in [1.54, 1.807) is 6.07 Å². The van der Waals surface area contributed by atoms with Crippen molar-refractivity contribution in [2.24, 2.45) is 5.73 Å². The summed E-state index contributed by atoms with van der Waals surface area (Å²) in [5.74, 6) is -0.507. The molecule has 0 fully saturated rings. The van der Waals surface area contributed by atoms with Crippen LogP contribution in [0.5, 0.6) is 0 Å². The first-order valence-corrected chi connectivity index (χ1v) is 4.01. The third-order valence-electron chi connectivity index (χ3n) is 1.70. The Labute approximate surface area is 84.7 Å². The van der Waals surface area contributed by atoms with E-state index in [9.17, 15) is 4.79 Å². The number of nitrogens with zero attached hydrogens (tertiary/aromatic N) is 1. The van der Waals surface area contributed by atoms with Crippen molar-refractivity contribution in [2.45, 2.75) is 0 Å². The number of para-hydroxylation sites is 1. The zero-order chi connectivity index (χ0) is 11.3. The third kappa shape index (κ3) is 2.31. The van der Waals surface area contributed by atoms with Crippen molar-refractivity contribution in [1.82, 2.24) is 10.2 Å². The summed E-state index contributed by atoms with van der Waals surface area (Å²) in [5, 5.41) is 14.2. The lowest BCUT2D eigenvalue weighted by Crippen LogP contribution is -2.11. The predicted molar refractivity (Wildman–Crippen MR) is 53.3 cm³/mol. The summed E-state index contributed by atoms with van der Waals surface area (Å²) in [6.45, 7) is -0.250. The maximum atomic E-state index is 10.8. The minimum Gasteiger partial charge on any atom is -0.483 e. The number of amides is 1. The first-order valence-electron chi connectivity index (χ1n) is 4.01. The molecule has 0 radical (unpaired) electrons. The Balaban J connectivity index is 0.000000337. The standard InChI is InChI=1S/C8H7N3O.CH2O2/c9-8(12)7-5-3-1-2-4-6(5)10-11-7;2-1-3/h1-4H,(H2,9,12)(H,10,11);1H,(H,2,3). The number of rotatable bonds is 1. The van der Waals surface area contributed by atoms with E-state index in [0.717, 1.165) is 10.9 Å². The number of aromatic nitrogens is 2. The molecule has 1 aromatic heterocycles. The number of hydrogen-bond donors (Lipinski definition) is 3. The number of nitrogens with one attached hydrogen (secondary N) is 1. The lowest BCUT2D eigenvalue weighted by Gasteiger charge is -1.88. The van der Waals surface area contributed by atoms with E-state index in [-0.39, 0.29) is 6.47 Å². The summed E-state index contributed by atoms with van der Waals surface area (Å²) in [5.41, 5.74) is 6.22. The number of primary amides is 1. The minimum atomic E-state index is -0.507. The Bertz CT molecular complexity index is 478. The summed E-state index contributed by atoms with van der Waals surface area (Å²) in [6.07, 6.45) is 0. The minimum absolute atomic E-state index is 0.250. The number of hydrogen-bond acceptors (Lipinski definition) is 3. The fourth-order valence-electron chi connectivity index (χ4n) is 1.15. The summed E-state index contributed by atoms with van der Waals surface area (Å²) >= 11 is 0. The summed E-state index contributed by atoms with van der Waals surface area (Å²) < 4.78 is 0. The number of benzene rings is 1. The molecule has 0 aliphatic carbocycles. The van der Waals surface area contributed by atoms with Crippen LogP contribution in [0.4, 0.5) is 0 Å². The SMILES string of the molecule is NC(=O)c1n[nH]c2ccccc12.O=CO. The van der Waals surface area contributed by atoms with E-state index in [0.29, 0.717) is 5.69 Å². The Morgan fingerprint density at radius 2 is 2.07 bits per heavy atom. The van der Waals surface area contributed by atoms with Gasteiger partial charge in [0.15, 0.2) is 5.69 Å². The Morgan fingerprint density at radius 1 is 1.47 bits per heavy atom. The van der Waals surface area contributed by atoms with E-state index in [4.69, 9.17) is 15.6 Å². The van der Waals surface area contributed by atoms with Gasteiger partial charge in [0.2, 0.25) is 0 Å². The van der Waals surface area contributed by atoms with Crippen molar-refractivity contribution >= 4 is 23.3 Å². The van der Waals surface area contributed by atoms with Crippen LogP contribution in [0.3, 0.4) is 0 Å². The van der Waals surface area contributed by atoms with Crippen LogP contribution in [-0.4, -0.2) is 27.7 Å². The summed E-state index contributed by atoms with van der Waals surface area (Å²) in [4.78, 5) is 19.2. The maximum absolute atomic E-state index is 10.8. The van der Waals surface area contributed by atoms with Crippen LogP contribution in [-0.2, 0) is 4.79 Å². The highest BCUT2D eigenvalue weighted by molar-refractivity contribution is 6.03. The number of carbonyl (C=O) groups excluding carboxylic acids is 1. The monoisotopic (exact) mass is 207 g/mol. The van der Waals surface area contributed by atoms with E-state index in [2.05, 4.69) is 10.2 Å². The normalized spacial score (nSPS) is 9.07. The van der Waals surface area contributed by atoms with Crippen molar-refractivity contribution in [2.75, 3.05) is 0 Å². The topological polar surface area (TPSA) is 109 Å². The van der Waals surface area contributed by atoms with Gasteiger partial charge >= 0.3 is 0 Å². The molecule has 0 bridgehead atoms. The molecule has 1 aromatic carbocycles. The second kappa shape index (κ2) is 4.75. The summed E-state index contributed by atoms with van der Waals surface area (Å²) in [7, 11) is 0. The van der Waals surface area contributed by atoms with E-state index in [1.165, 1.54) is 0 Å². The molecule has 0 aliphatic heterocycles.